The fourth-order valence-electron chi connectivity index (χ4n) is 2.91. The van der Waals surface area contributed by atoms with E-state index >= 15 is 0 Å². The maximum atomic E-state index is 12.9. The molecule has 0 atom stereocenters. The number of hydrogen-bond acceptors (Lipinski definition) is 5. The van der Waals surface area contributed by atoms with Gasteiger partial charge in [-0.3, -0.25) is 25.2 Å². The summed E-state index contributed by atoms with van der Waals surface area (Å²) in [6.45, 7) is 0. The predicted molar refractivity (Wildman–Crippen MR) is 121 cm³/mol. The minimum absolute atomic E-state index is 0.0386. The molecule has 3 rings (SSSR count). The molecule has 0 unspecified atom stereocenters. The lowest BCUT2D eigenvalue weighted by Crippen LogP contribution is -2.41. The van der Waals surface area contributed by atoms with Crippen LogP contribution in [0, 0.1) is 5.82 Å². The quantitative estimate of drug-likeness (QED) is 0.437. The fraction of sp³-hybridized carbons (Fsp3) is 0.130. The summed E-state index contributed by atoms with van der Waals surface area (Å²) in [6.07, 6.45) is 0.438. The molecule has 3 aromatic rings. The second-order valence-corrected chi connectivity index (χ2v) is 8.64. The van der Waals surface area contributed by atoms with Crippen molar-refractivity contribution in [3.05, 3.63) is 89.7 Å². The minimum atomic E-state index is -4.00. The van der Waals surface area contributed by atoms with Crippen molar-refractivity contribution < 1.29 is 27.1 Å². The first-order valence-corrected chi connectivity index (χ1v) is 11.4. The van der Waals surface area contributed by atoms with Crippen LogP contribution in [0.4, 0.5) is 10.1 Å². The number of aryl methyl sites for hydroxylation is 1. The number of sulfonamides is 1. The Kier molecular flexibility index (Phi) is 7.62. The van der Waals surface area contributed by atoms with Crippen LogP contribution in [0.3, 0.4) is 0 Å². The van der Waals surface area contributed by atoms with Crippen molar-refractivity contribution >= 4 is 27.5 Å². The lowest BCUT2D eigenvalue weighted by Gasteiger charge is -2.12. The minimum Gasteiger partial charge on any atom is -0.495 e. The van der Waals surface area contributed by atoms with Gasteiger partial charge in [-0.15, -0.1) is 0 Å². The molecule has 0 aliphatic rings. The van der Waals surface area contributed by atoms with Gasteiger partial charge in [0, 0.05) is 12.0 Å². The van der Waals surface area contributed by atoms with E-state index in [2.05, 4.69) is 15.6 Å². The number of carbonyl (C=O) groups excluding carboxylic acids is 2. The first-order chi connectivity index (χ1) is 15.8. The van der Waals surface area contributed by atoms with E-state index in [4.69, 9.17) is 4.74 Å². The van der Waals surface area contributed by atoms with Crippen LogP contribution in [-0.4, -0.2) is 27.3 Å². The van der Waals surface area contributed by atoms with Crippen LogP contribution in [0.1, 0.15) is 22.3 Å². The van der Waals surface area contributed by atoms with Crippen molar-refractivity contribution in [1.82, 2.24) is 10.9 Å². The Labute approximate surface area is 190 Å². The Bertz CT molecular complexity index is 1250. The van der Waals surface area contributed by atoms with Crippen molar-refractivity contribution in [1.29, 1.82) is 0 Å². The van der Waals surface area contributed by atoms with Crippen LogP contribution in [0.2, 0.25) is 0 Å². The molecule has 0 radical (unpaired) electrons. The first-order valence-electron chi connectivity index (χ1n) is 9.88. The Hall–Kier alpha value is -3.92. The summed E-state index contributed by atoms with van der Waals surface area (Å²) in [5, 5.41) is 0. The molecule has 172 valence electrons. The van der Waals surface area contributed by atoms with E-state index in [1.807, 2.05) is 0 Å². The summed E-state index contributed by atoms with van der Waals surface area (Å²) in [5.74, 6) is -1.15. The third-order valence-corrected chi connectivity index (χ3v) is 5.99. The van der Waals surface area contributed by atoms with Gasteiger partial charge in [0.25, 0.3) is 15.9 Å². The van der Waals surface area contributed by atoms with Crippen LogP contribution in [0.5, 0.6) is 5.75 Å². The Morgan fingerprint density at radius 1 is 0.939 bits per heavy atom. The summed E-state index contributed by atoms with van der Waals surface area (Å²) < 4.78 is 46.0. The van der Waals surface area contributed by atoms with E-state index < -0.39 is 21.8 Å². The van der Waals surface area contributed by atoms with E-state index in [0.29, 0.717) is 12.2 Å². The van der Waals surface area contributed by atoms with Gasteiger partial charge < -0.3 is 4.74 Å². The zero-order valence-corrected chi connectivity index (χ0v) is 18.5. The molecular formula is C23H22FN3O5S. The van der Waals surface area contributed by atoms with Crippen molar-refractivity contribution in [2.45, 2.75) is 17.7 Å². The largest absolute Gasteiger partial charge is 0.495 e. The van der Waals surface area contributed by atoms with Gasteiger partial charge in [0.2, 0.25) is 5.91 Å². The van der Waals surface area contributed by atoms with Gasteiger partial charge in [-0.25, -0.2) is 12.8 Å². The fourth-order valence-corrected chi connectivity index (χ4v) is 4.02. The highest BCUT2D eigenvalue weighted by Crippen LogP contribution is 2.26. The molecule has 2 amide bonds. The second-order valence-electron chi connectivity index (χ2n) is 6.96. The third-order valence-electron chi connectivity index (χ3n) is 4.63. The lowest BCUT2D eigenvalue weighted by atomic mass is 10.1. The number of para-hydroxylation sites is 2. The molecule has 8 nitrogen and oxygen atoms in total. The zero-order valence-electron chi connectivity index (χ0n) is 17.7. The lowest BCUT2D eigenvalue weighted by molar-refractivity contribution is -0.121. The summed E-state index contributed by atoms with van der Waals surface area (Å²) >= 11 is 0. The van der Waals surface area contributed by atoms with Crippen LogP contribution < -0.4 is 20.3 Å². The average molecular weight is 472 g/mol. The number of nitrogens with one attached hydrogen (secondary N) is 3. The molecule has 0 saturated carbocycles. The van der Waals surface area contributed by atoms with Crippen molar-refractivity contribution in [3.8, 4) is 5.75 Å². The van der Waals surface area contributed by atoms with Crippen molar-refractivity contribution in [2.24, 2.45) is 0 Å². The zero-order chi connectivity index (χ0) is 23.8. The molecule has 0 aliphatic heterocycles. The number of benzene rings is 3. The number of halogens is 1. The number of amides is 2. The van der Waals surface area contributed by atoms with Crippen LogP contribution in [0.25, 0.3) is 0 Å². The normalized spacial score (nSPS) is 10.8. The number of hydrogen-bond donors (Lipinski definition) is 3. The predicted octanol–water partition coefficient (Wildman–Crippen LogP) is 3.03. The molecular weight excluding hydrogens is 449 g/mol. The van der Waals surface area contributed by atoms with Gasteiger partial charge in [0.05, 0.1) is 17.7 Å². The molecule has 0 bridgehead atoms. The van der Waals surface area contributed by atoms with E-state index in [1.165, 1.54) is 43.5 Å². The molecule has 10 heteroatoms. The molecule has 0 fully saturated rings. The van der Waals surface area contributed by atoms with Gasteiger partial charge in [-0.2, -0.15) is 0 Å². The van der Waals surface area contributed by atoms with Gasteiger partial charge in [-0.1, -0.05) is 30.3 Å². The highest BCUT2D eigenvalue weighted by atomic mass is 32.2. The Balaban J connectivity index is 1.60. The van der Waals surface area contributed by atoms with Gasteiger partial charge in [-0.05, 0) is 54.4 Å². The number of rotatable bonds is 8. The van der Waals surface area contributed by atoms with Crippen LogP contribution >= 0.6 is 0 Å². The van der Waals surface area contributed by atoms with Gasteiger partial charge in [0.15, 0.2) is 0 Å². The number of carbonyl (C=O) groups is 2. The Morgan fingerprint density at radius 3 is 2.39 bits per heavy atom. The van der Waals surface area contributed by atoms with E-state index in [9.17, 15) is 22.4 Å². The highest BCUT2D eigenvalue weighted by molar-refractivity contribution is 7.92. The molecule has 3 aromatic carbocycles. The third kappa shape index (κ3) is 6.53. The standard InChI is InChI=1S/C23H22FN3O5S/c1-32-21-8-3-2-7-20(21)27-33(30,31)19-6-4-5-17(15-19)23(29)26-25-22(28)14-11-16-9-12-18(24)13-10-16/h2-10,12-13,15,27H,11,14H2,1H3,(H,25,28)(H,26,29). The van der Waals surface area contributed by atoms with E-state index in [-0.39, 0.29) is 28.4 Å². The summed E-state index contributed by atoms with van der Waals surface area (Å²) in [6, 6.07) is 17.7. The number of ether oxygens (including phenoxy) is 1. The van der Waals surface area contributed by atoms with Crippen molar-refractivity contribution in [3.63, 3.8) is 0 Å². The maximum absolute atomic E-state index is 12.9. The SMILES string of the molecule is COc1ccccc1NS(=O)(=O)c1cccc(C(=O)NNC(=O)CCc2ccc(F)cc2)c1. The van der Waals surface area contributed by atoms with E-state index in [1.54, 1.807) is 36.4 Å². The van der Waals surface area contributed by atoms with Gasteiger partial charge >= 0.3 is 0 Å². The number of methoxy groups -OCH3 is 1. The molecule has 33 heavy (non-hydrogen) atoms. The summed E-state index contributed by atoms with van der Waals surface area (Å²) in [5.41, 5.74) is 5.61. The summed E-state index contributed by atoms with van der Waals surface area (Å²) in [4.78, 5) is 24.3. The smallest absolute Gasteiger partial charge is 0.269 e. The van der Waals surface area contributed by atoms with Crippen LogP contribution in [0.15, 0.2) is 77.7 Å². The monoisotopic (exact) mass is 471 g/mol. The Morgan fingerprint density at radius 2 is 1.67 bits per heavy atom. The topological polar surface area (TPSA) is 114 Å². The number of anilines is 1. The molecule has 0 saturated heterocycles. The van der Waals surface area contributed by atoms with Crippen LogP contribution in [-0.2, 0) is 21.2 Å². The highest BCUT2D eigenvalue weighted by Gasteiger charge is 2.18. The first kappa shape index (κ1) is 23.7. The maximum Gasteiger partial charge on any atom is 0.269 e. The summed E-state index contributed by atoms with van der Waals surface area (Å²) in [7, 11) is -2.58. The average Bonchev–Trinajstić information content (AvgIpc) is 2.82. The van der Waals surface area contributed by atoms with E-state index in [0.717, 1.165) is 5.56 Å². The van der Waals surface area contributed by atoms with Gasteiger partial charge in [0.1, 0.15) is 11.6 Å². The molecule has 3 N–H and O–H groups in total. The second kappa shape index (κ2) is 10.6. The molecule has 0 aliphatic carbocycles. The molecule has 0 spiro atoms. The molecule has 0 heterocycles. The number of hydrazine groups is 1. The molecule has 0 aromatic heterocycles. The van der Waals surface area contributed by atoms with Crippen molar-refractivity contribution in [2.75, 3.05) is 11.8 Å².